The van der Waals surface area contributed by atoms with Crippen molar-refractivity contribution in [2.45, 2.75) is 6.92 Å². The molecule has 0 aliphatic heterocycles. The fraction of sp³-hybridized carbons (Fsp3) is 0.364. The van der Waals surface area contributed by atoms with Gasteiger partial charge in [-0.25, -0.2) is 9.78 Å². The average Bonchev–Trinajstić information content (AvgIpc) is 2.28. The number of rotatable bonds is 5. The number of esters is 1. The van der Waals surface area contributed by atoms with Gasteiger partial charge in [0, 0.05) is 13.2 Å². The van der Waals surface area contributed by atoms with E-state index >= 15 is 0 Å². The van der Waals surface area contributed by atoms with E-state index in [9.17, 15) is 9.59 Å². The van der Waals surface area contributed by atoms with Crippen LogP contribution < -0.4 is 4.90 Å². The molecule has 0 spiro atoms. The monoisotopic (exact) mass is 238 g/mol. The number of ether oxygens (including phenoxy) is 1. The Bertz CT molecular complexity index is 402. The number of hydrogen-bond acceptors (Lipinski definition) is 5. The van der Waals surface area contributed by atoms with Crippen molar-refractivity contribution in [1.82, 2.24) is 4.98 Å². The molecule has 0 aromatic carbocycles. The van der Waals surface area contributed by atoms with Gasteiger partial charge in [-0.1, -0.05) is 0 Å². The van der Waals surface area contributed by atoms with E-state index in [0.29, 0.717) is 18.0 Å². The first kappa shape index (κ1) is 13.0. The first-order chi connectivity index (χ1) is 8.04. The summed E-state index contributed by atoms with van der Waals surface area (Å²) in [5.74, 6) is -0.892. The van der Waals surface area contributed by atoms with Crippen LogP contribution in [0.2, 0.25) is 0 Å². The van der Waals surface area contributed by atoms with Crippen LogP contribution in [0.1, 0.15) is 17.3 Å². The van der Waals surface area contributed by atoms with Crippen LogP contribution in [0, 0.1) is 0 Å². The Labute approximate surface area is 98.8 Å². The number of pyridine rings is 1. The van der Waals surface area contributed by atoms with Crippen molar-refractivity contribution in [3.8, 4) is 0 Å². The maximum absolute atomic E-state index is 11.3. The normalized spacial score (nSPS) is 9.76. The minimum atomic E-state index is -0.941. The molecule has 0 aliphatic rings. The van der Waals surface area contributed by atoms with Crippen LogP contribution in [-0.4, -0.2) is 42.2 Å². The number of likely N-dealkylation sites (N-methyl/N-ethyl adjacent to an activating group) is 1. The molecule has 92 valence electrons. The number of carboxylic acid groups (broad SMARTS) is 1. The summed E-state index contributed by atoms with van der Waals surface area (Å²) in [4.78, 5) is 27.3. The Kier molecular flexibility index (Phi) is 4.45. The summed E-state index contributed by atoms with van der Waals surface area (Å²) in [6.07, 6.45) is 1.37. The molecule has 6 heteroatoms. The van der Waals surface area contributed by atoms with Crippen molar-refractivity contribution < 1.29 is 19.4 Å². The lowest BCUT2D eigenvalue weighted by atomic mass is 10.3. The molecule has 1 aromatic rings. The predicted molar refractivity (Wildman–Crippen MR) is 61.1 cm³/mol. The molecule has 1 rings (SSSR count). The van der Waals surface area contributed by atoms with Crippen LogP contribution in [0.25, 0.3) is 0 Å². The van der Waals surface area contributed by atoms with Crippen molar-refractivity contribution in [3.63, 3.8) is 0 Å². The molecule has 0 saturated carbocycles. The number of aliphatic carboxylic acids is 1. The zero-order chi connectivity index (χ0) is 12.8. The van der Waals surface area contributed by atoms with Crippen molar-refractivity contribution in [3.05, 3.63) is 23.9 Å². The maximum Gasteiger partial charge on any atom is 0.339 e. The third-order valence-corrected chi connectivity index (χ3v) is 2.02. The van der Waals surface area contributed by atoms with E-state index in [1.165, 1.54) is 11.1 Å². The van der Waals surface area contributed by atoms with Crippen molar-refractivity contribution in [2.24, 2.45) is 0 Å². The molecule has 0 radical (unpaired) electrons. The smallest absolute Gasteiger partial charge is 0.339 e. The largest absolute Gasteiger partial charge is 0.480 e. The predicted octanol–water partition coefficient (Wildman–Crippen LogP) is 0.779. The number of anilines is 1. The van der Waals surface area contributed by atoms with E-state index in [-0.39, 0.29) is 6.54 Å². The molecular weight excluding hydrogens is 224 g/mol. The molecule has 1 aromatic heterocycles. The maximum atomic E-state index is 11.3. The van der Waals surface area contributed by atoms with E-state index in [0.717, 1.165) is 0 Å². The second-order valence-electron chi connectivity index (χ2n) is 3.38. The van der Waals surface area contributed by atoms with E-state index in [4.69, 9.17) is 9.84 Å². The first-order valence-corrected chi connectivity index (χ1v) is 5.10. The quantitative estimate of drug-likeness (QED) is 0.763. The molecular formula is C11H14N2O4. The Hall–Kier alpha value is -2.11. The molecule has 0 saturated heterocycles. The number of carbonyl (C=O) groups is 2. The zero-order valence-corrected chi connectivity index (χ0v) is 9.71. The van der Waals surface area contributed by atoms with Gasteiger partial charge in [-0.15, -0.1) is 0 Å². The Balaban J connectivity index is 2.73. The van der Waals surface area contributed by atoms with Crippen LogP contribution in [0.5, 0.6) is 0 Å². The van der Waals surface area contributed by atoms with Gasteiger partial charge in [0.2, 0.25) is 0 Å². The van der Waals surface area contributed by atoms with Gasteiger partial charge in [-0.3, -0.25) is 4.79 Å². The third-order valence-electron chi connectivity index (χ3n) is 2.02. The molecule has 0 unspecified atom stereocenters. The fourth-order valence-corrected chi connectivity index (χ4v) is 1.23. The molecule has 1 N–H and O–H groups in total. The van der Waals surface area contributed by atoms with Crippen molar-refractivity contribution >= 4 is 17.8 Å². The number of hydrogen-bond donors (Lipinski definition) is 1. The molecule has 0 bridgehead atoms. The number of nitrogens with zero attached hydrogens (tertiary/aromatic N) is 2. The summed E-state index contributed by atoms with van der Waals surface area (Å²) >= 11 is 0. The number of carboxylic acids is 1. The zero-order valence-electron chi connectivity index (χ0n) is 9.71. The van der Waals surface area contributed by atoms with E-state index < -0.39 is 11.9 Å². The Morgan fingerprint density at radius 1 is 1.47 bits per heavy atom. The summed E-state index contributed by atoms with van der Waals surface area (Å²) in [6.45, 7) is 1.88. The molecule has 6 nitrogen and oxygen atoms in total. The first-order valence-electron chi connectivity index (χ1n) is 5.10. The summed E-state index contributed by atoms with van der Waals surface area (Å²) in [6, 6.07) is 3.13. The highest BCUT2D eigenvalue weighted by atomic mass is 16.5. The molecule has 0 amide bonds. The highest BCUT2D eigenvalue weighted by Gasteiger charge is 2.10. The van der Waals surface area contributed by atoms with Gasteiger partial charge >= 0.3 is 11.9 Å². The van der Waals surface area contributed by atoms with Gasteiger partial charge in [0.15, 0.2) is 0 Å². The van der Waals surface area contributed by atoms with Crippen LogP contribution >= 0.6 is 0 Å². The van der Waals surface area contributed by atoms with Gasteiger partial charge in [0.05, 0.1) is 12.2 Å². The highest BCUT2D eigenvalue weighted by Crippen LogP contribution is 2.10. The lowest BCUT2D eigenvalue weighted by molar-refractivity contribution is -0.135. The topological polar surface area (TPSA) is 79.7 Å². The summed E-state index contributed by atoms with van der Waals surface area (Å²) in [7, 11) is 1.61. The van der Waals surface area contributed by atoms with Gasteiger partial charge in [0.1, 0.15) is 12.4 Å². The minimum Gasteiger partial charge on any atom is -0.480 e. The lowest BCUT2D eigenvalue weighted by Crippen LogP contribution is -2.25. The van der Waals surface area contributed by atoms with Crippen LogP contribution in [0.3, 0.4) is 0 Å². The van der Waals surface area contributed by atoms with Crippen molar-refractivity contribution in [1.29, 1.82) is 0 Å². The standard InChI is InChI=1S/C11H14N2O4/c1-3-17-11(16)8-4-5-9(12-6-8)13(2)7-10(14)15/h4-6H,3,7H2,1-2H3,(H,14,15). The summed E-state index contributed by atoms with van der Waals surface area (Å²) in [5, 5.41) is 8.61. The van der Waals surface area contributed by atoms with E-state index in [1.807, 2.05) is 0 Å². The van der Waals surface area contributed by atoms with Crippen LogP contribution in [0.15, 0.2) is 18.3 Å². The van der Waals surface area contributed by atoms with Crippen LogP contribution in [0.4, 0.5) is 5.82 Å². The fourth-order valence-electron chi connectivity index (χ4n) is 1.23. The Morgan fingerprint density at radius 2 is 2.18 bits per heavy atom. The average molecular weight is 238 g/mol. The highest BCUT2D eigenvalue weighted by molar-refractivity contribution is 5.89. The van der Waals surface area contributed by atoms with Gasteiger partial charge in [0.25, 0.3) is 0 Å². The van der Waals surface area contributed by atoms with E-state index in [1.54, 1.807) is 26.1 Å². The van der Waals surface area contributed by atoms with Gasteiger partial charge in [-0.05, 0) is 19.1 Å². The molecule has 1 heterocycles. The number of aromatic nitrogens is 1. The third kappa shape index (κ3) is 3.75. The SMILES string of the molecule is CCOC(=O)c1ccc(N(C)CC(=O)O)nc1. The molecule has 0 aliphatic carbocycles. The lowest BCUT2D eigenvalue weighted by Gasteiger charge is -2.15. The van der Waals surface area contributed by atoms with Gasteiger partial charge < -0.3 is 14.7 Å². The second-order valence-corrected chi connectivity index (χ2v) is 3.38. The van der Waals surface area contributed by atoms with Crippen molar-refractivity contribution in [2.75, 3.05) is 25.1 Å². The molecule has 0 fully saturated rings. The van der Waals surface area contributed by atoms with Gasteiger partial charge in [-0.2, -0.15) is 0 Å². The van der Waals surface area contributed by atoms with E-state index in [2.05, 4.69) is 4.98 Å². The minimum absolute atomic E-state index is 0.147. The molecule has 17 heavy (non-hydrogen) atoms. The Morgan fingerprint density at radius 3 is 2.65 bits per heavy atom. The summed E-state index contributed by atoms with van der Waals surface area (Å²) < 4.78 is 4.81. The molecule has 0 atom stereocenters. The second kappa shape index (κ2) is 5.83. The summed E-state index contributed by atoms with van der Waals surface area (Å²) in [5.41, 5.74) is 0.347. The van der Waals surface area contributed by atoms with Crippen LogP contribution in [-0.2, 0) is 9.53 Å². The number of carbonyl (C=O) groups excluding carboxylic acids is 1.